The molecule has 1 N–H and O–H groups in total. The van der Waals surface area contributed by atoms with Crippen LogP contribution in [0.1, 0.15) is 19.9 Å². The van der Waals surface area contributed by atoms with Gasteiger partial charge in [-0.3, -0.25) is 0 Å². The molecule has 2 aliphatic rings. The normalized spacial score (nSPS) is 30.1. The van der Waals surface area contributed by atoms with Gasteiger partial charge in [0.2, 0.25) is 0 Å². The van der Waals surface area contributed by atoms with E-state index in [0.29, 0.717) is 0 Å². The number of nitrogens with zero attached hydrogens (tertiary/aromatic N) is 3. The van der Waals surface area contributed by atoms with Crippen LogP contribution in [-0.2, 0) is 23.7 Å². The molecule has 9 nitrogen and oxygen atoms in total. The second kappa shape index (κ2) is 8.17. The van der Waals surface area contributed by atoms with Crippen LogP contribution in [0.3, 0.4) is 0 Å². The molecule has 1 aromatic heterocycles. The van der Waals surface area contributed by atoms with Crippen LogP contribution >= 0.6 is 15.9 Å². The minimum Gasteiger partial charge on any atom is -0.479 e. The van der Waals surface area contributed by atoms with Crippen molar-refractivity contribution in [1.29, 1.82) is 0 Å². The summed E-state index contributed by atoms with van der Waals surface area (Å²) in [6.07, 6.45) is -2.31. The first-order valence-electron chi connectivity index (χ1n) is 9.41. The Hall–Kier alpha value is -1.99. The molecule has 5 atom stereocenters. The van der Waals surface area contributed by atoms with E-state index in [1.165, 1.54) is 30.1 Å². The van der Waals surface area contributed by atoms with Gasteiger partial charge in [0, 0.05) is 12.7 Å². The van der Waals surface area contributed by atoms with E-state index in [4.69, 9.17) is 18.9 Å². The van der Waals surface area contributed by atoms with Gasteiger partial charge in [-0.1, -0.05) is 5.21 Å². The minimum atomic E-state index is -1.32. The van der Waals surface area contributed by atoms with Crippen LogP contribution in [0, 0.1) is 11.6 Å². The van der Waals surface area contributed by atoms with E-state index in [-0.39, 0.29) is 22.3 Å². The molecule has 0 saturated carbocycles. The van der Waals surface area contributed by atoms with E-state index >= 15 is 0 Å². The summed E-state index contributed by atoms with van der Waals surface area (Å²) in [6.45, 7) is 3.54. The van der Waals surface area contributed by atoms with E-state index in [9.17, 15) is 18.7 Å². The fourth-order valence-electron chi connectivity index (χ4n) is 3.89. The summed E-state index contributed by atoms with van der Waals surface area (Å²) in [5.41, 5.74) is -0.0208. The summed E-state index contributed by atoms with van der Waals surface area (Å²) < 4.78 is 52.5. The highest BCUT2D eigenvalue weighted by molar-refractivity contribution is 9.10. The number of aliphatic carboxylic acids is 1. The standard InChI is InChI=1S/C19H20BrF2N3O6/c1-19(2)29-7-11-15(31-19)14(16(28-3)17(30-11)18(26)27)25-6-10(23-24-25)8-4-5-9(20)13(22)12(8)21/h4-6,11,14-17H,7H2,1-3H3,(H,26,27)/t11-,14+,15+,16-,17-/m1/s1. The summed E-state index contributed by atoms with van der Waals surface area (Å²) in [5.74, 6) is -4.31. The zero-order chi connectivity index (χ0) is 22.5. The number of rotatable bonds is 4. The highest BCUT2D eigenvalue weighted by Gasteiger charge is 2.54. The second-order valence-corrected chi connectivity index (χ2v) is 8.58. The van der Waals surface area contributed by atoms with Crippen molar-refractivity contribution in [2.24, 2.45) is 0 Å². The molecular weight excluding hydrogens is 484 g/mol. The molecule has 3 heterocycles. The molecule has 2 fully saturated rings. The van der Waals surface area contributed by atoms with Crippen molar-refractivity contribution in [2.45, 2.75) is 50.1 Å². The van der Waals surface area contributed by atoms with Crippen molar-refractivity contribution in [2.75, 3.05) is 13.7 Å². The number of fused-ring (bicyclic) bond motifs is 1. The van der Waals surface area contributed by atoms with Gasteiger partial charge in [-0.15, -0.1) is 5.10 Å². The van der Waals surface area contributed by atoms with Crippen LogP contribution in [0.15, 0.2) is 22.8 Å². The number of halogens is 3. The number of ether oxygens (including phenoxy) is 4. The Morgan fingerprint density at radius 1 is 1.35 bits per heavy atom. The lowest BCUT2D eigenvalue weighted by Crippen LogP contribution is -2.64. The maximum absolute atomic E-state index is 14.4. The molecule has 2 aliphatic heterocycles. The van der Waals surface area contributed by atoms with Gasteiger partial charge in [0.15, 0.2) is 23.5 Å². The Balaban J connectivity index is 1.76. The molecule has 31 heavy (non-hydrogen) atoms. The van der Waals surface area contributed by atoms with Crippen LogP contribution in [0.5, 0.6) is 0 Å². The number of carbonyl (C=O) groups is 1. The van der Waals surface area contributed by atoms with Crippen molar-refractivity contribution in [1.82, 2.24) is 15.0 Å². The number of methoxy groups -OCH3 is 1. The van der Waals surface area contributed by atoms with Gasteiger partial charge < -0.3 is 24.1 Å². The first-order chi connectivity index (χ1) is 14.6. The molecular formula is C19H20BrF2N3O6. The van der Waals surface area contributed by atoms with E-state index in [2.05, 4.69) is 26.2 Å². The van der Waals surface area contributed by atoms with Crippen LogP contribution in [-0.4, -0.2) is 70.0 Å². The van der Waals surface area contributed by atoms with E-state index in [1.807, 2.05) is 0 Å². The monoisotopic (exact) mass is 503 g/mol. The number of hydrogen-bond donors (Lipinski definition) is 1. The van der Waals surface area contributed by atoms with Crippen LogP contribution in [0.4, 0.5) is 8.78 Å². The Morgan fingerprint density at radius 2 is 2.10 bits per heavy atom. The first kappa shape index (κ1) is 22.2. The third-order valence-electron chi connectivity index (χ3n) is 5.32. The number of benzene rings is 1. The molecule has 0 bridgehead atoms. The molecule has 12 heteroatoms. The van der Waals surface area contributed by atoms with Crippen molar-refractivity contribution in [3.63, 3.8) is 0 Å². The van der Waals surface area contributed by atoms with Crippen LogP contribution < -0.4 is 0 Å². The number of carboxylic acids is 1. The Labute approximate surface area is 184 Å². The Morgan fingerprint density at radius 3 is 2.77 bits per heavy atom. The molecule has 168 valence electrons. The SMILES string of the molecule is CO[C@@H]1[C@@H](n2cc(-c3ccc(Br)c(F)c3F)nn2)[C@H]2OC(C)(C)OC[C@H]2O[C@H]1C(=O)O. The topological polar surface area (TPSA) is 105 Å². The van der Waals surface area contributed by atoms with E-state index in [1.54, 1.807) is 13.8 Å². The lowest BCUT2D eigenvalue weighted by atomic mass is 9.91. The fraction of sp³-hybridized carbons (Fsp3) is 0.526. The third-order valence-corrected chi connectivity index (χ3v) is 5.93. The van der Waals surface area contributed by atoms with Crippen molar-refractivity contribution in [3.8, 4) is 11.3 Å². The van der Waals surface area contributed by atoms with Gasteiger partial charge in [-0.25, -0.2) is 18.3 Å². The Bertz CT molecular complexity index is 1000. The van der Waals surface area contributed by atoms with Gasteiger partial charge in [-0.05, 0) is 41.9 Å². The molecule has 0 aliphatic carbocycles. The van der Waals surface area contributed by atoms with E-state index in [0.717, 1.165) is 0 Å². The smallest absolute Gasteiger partial charge is 0.335 e. The fourth-order valence-corrected chi connectivity index (χ4v) is 4.19. The molecule has 2 aromatic rings. The zero-order valence-corrected chi connectivity index (χ0v) is 18.4. The lowest BCUT2D eigenvalue weighted by molar-refractivity contribution is -0.347. The minimum absolute atomic E-state index is 0.0185. The predicted molar refractivity (Wildman–Crippen MR) is 104 cm³/mol. The number of carboxylic acid groups (broad SMARTS) is 1. The van der Waals surface area contributed by atoms with E-state index < -0.39 is 53.8 Å². The molecule has 0 amide bonds. The largest absolute Gasteiger partial charge is 0.479 e. The summed E-state index contributed by atoms with van der Waals surface area (Å²) >= 11 is 2.94. The second-order valence-electron chi connectivity index (χ2n) is 7.72. The predicted octanol–water partition coefficient (Wildman–Crippen LogP) is 2.55. The highest BCUT2D eigenvalue weighted by Crippen LogP contribution is 2.39. The van der Waals surface area contributed by atoms with Crippen molar-refractivity contribution < 1.29 is 37.6 Å². The van der Waals surface area contributed by atoms with Gasteiger partial charge in [-0.2, -0.15) is 0 Å². The highest BCUT2D eigenvalue weighted by atomic mass is 79.9. The van der Waals surface area contributed by atoms with Gasteiger partial charge >= 0.3 is 5.97 Å². The molecule has 1 aromatic carbocycles. The average molecular weight is 504 g/mol. The third kappa shape index (κ3) is 3.98. The number of aromatic nitrogens is 3. The summed E-state index contributed by atoms with van der Waals surface area (Å²) in [7, 11) is 1.35. The van der Waals surface area contributed by atoms with Gasteiger partial charge in [0.25, 0.3) is 0 Å². The van der Waals surface area contributed by atoms with Gasteiger partial charge in [0.05, 0.1) is 17.3 Å². The van der Waals surface area contributed by atoms with Crippen LogP contribution in [0.2, 0.25) is 0 Å². The van der Waals surface area contributed by atoms with Crippen LogP contribution in [0.25, 0.3) is 11.3 Å². The maximum atomic E-state index is 14.4. The molecule has 0 spiro atoms. The maximum Gasteiger partial charge on any atom is 0.335 e. The average Bonchev–Trinajstić information content (AvgIpc) is 3.19. The van der Waals surface area contributed by atoms with Gasteiger partial charge in [0.1, 0.15) is 30.0 Å². The molecule has 0 radical (unpaired) electrons. The quantitative estimate of drug-likeness (QED) is 0.634. The van der Waals surface area contributed by atoms with Crippen molar-refractivity contribution >= 4 is 21.9 Å². The summed E-state index contributed by atoms with van der Waals surface area (Å²) in [5, 5.41) is 17.7. The van der Waals surface area contributed by atoms with Crippen molar-refractivity contribution in [3.05, 3.63) is 34.4 Å². The molecule has 0 unspecified atom stereocenters. The number of hydrogen-bond acceptors (Lipinski definition) is 7. The summed E-state index contributed by atoms with van der Waals surface area (Å²) in [4.78, 5) is 11.8. The zero-order valence-electron chi connectivity index (χ0n) is 16.8. The summed E-state index contributed by atoms with van der Waals surface area (Å²) in [6, 6.07) is 1.95. The molecule has 2 saturated heterocycles. The Kier molecular flexibility index (Phi) is 5.85. The lowest BCUT2D eigenvalue weighted by Gasteiger charge is -2.50. The molecule has 4 rings (SSSR count). The first-order valence-corrected chi connectivity index (χ1v) is 10.2.